The van der Waals surface area contributed by atoms with E-state index in [-0.39, 0.29) is 18.9 Å². The lowest BCUT2D eigenvalue weighted by Gasteiger charge is -2.11. The Labute approximate surface area is 159 Å². The number of rotatable bonds is 6. The summed E-state index contributed by atoms with van der Waals surface area (Å²) in [6.07, 6.45) is 0. The summed E-state index contributed by atoms with van der Waals surface area (Å²) in [6, 6.07) is 13.0. The zero-order chi connectivity index (χ0) is 19.4. The number of aryl methyl sites for hydroxylation is 1. The third kappa shape index (κ3) is 4.32. The molecule has 7 nitrogen and oxygen atoms in total. The maximum atomic E-state index is 11.9. The summed E-state index contributed by atoms with van der Waals surface area (Å²) in [4.78, 5) is 26.4. The van der Waals surface area contributed by atoms with Crippen LogP contribution in [0.2, 0.25) is 5.02 Å². The number of aromatic nitrogens is 1. The van der Waals surface area contributed by atoms with Crippen LogP contribution in [0.1, 0.15) is 11.3 Å². The highest BCUT2D eigenvalue weighted by Crippen LogP contribution is 2.27. The number of halogens is 1. The lowest BCUT2D eigenvalue weighted by atomic mass is 10.1. The number of carbonyl (C=O) groups is 1. The first kappa shape index (κ1) is 18.6. The largest absolute Gasteiger partial charge is 0.482 e. The third-order valence-corrected chi connectivity index (χ3v) is 4.42. The molecule has 0 unspecified atom stereocenters. The average Bonchev–Trinajstić information content (AvgIpc) is 2.68. The molecule has 3 aromatic rings. The van der Waals surface area contributed by atoms with Crippen LogP contribution in [-0.2, 0) is 16.1 Å². The summed E-state index contributed by atoms with van der Waals surface area (Å²) in [5, 5.41) is 12.0. The molecular formula is C19H15ClN2O5. The highest BCUT2D eigenvalue weighted by molar-refractivity contribution is 6.32. The SMILES string of the molecule is Cc1c(Cl)c(COC(=O)COc2ccc([N+](=O)[O-])cc2)nc2ccccc12. The topological polar surface area (TPSA) is 91.6 Å². The molecule has 1 aromatic heterocycles. The quantitative estimate of drug-likeness (QED) is 0.357. The number of non-ortho nitro benzene ring substituents is 1. The first-order valence-corrected chi connectivity index (χ1v) is 8.40. The van der Waals surface area contributed by atoms with Gasteiger partial charge in [-0.25, -0.2) is 9.78 Å². The van der Waals surface area contributed by atoms with Crippen molar-refractivity contribution in [2.45, 2.75) is 13.5 Å². The number of pyridine rings is 1. The number of hydrogen-bond acceptors (Lipinski definition) is 6. The Morgan fingerprint density at radius 1 is 1.19 bits per heavy atom. The Balaban J connectivity index is 1.60. The van der Waals surface area contributed by atoms with Crippen LogP contribution in [-0.4, -0.2) is 22.5 Å². The maximum Gasteiger partial charge on any atom is 0.344 e. The molecule has 0 saturated heterocycles. The van der Waals surface area contributed by atoms with Gasteiger partial charge in [-0.05, 0) is 30.7 Å². The predicted molar refractivity (Wildman–Crippen MR) is 99.9 cm³/mol. The monoisotopic (exact) mass is 386 g/mol. The second-order valence-corrected chi connectivity index (χ2v) is 6.09. The first-order valence-electron chi connectivity index (χ1n) is 8.02. The number of carbonyl (C=O) groups excluding carboxylic acids is 1. The molecule has 8 heteroatoms. The normalized spacial score (nSPS) is 10.6. The third-order valence-electron chi connectivity index (χ3n) is 3.92. The molecule has 0 saturated carbocycles. The average molecular weight is 387 g/mol. The van der Waals surface area contributed by atoms with Gasteiger partial charge in [0.25, 0.3) is 5.69 Å². The fraction of sp³-hybridized carbons (Fsp3) is 0.158. The number of nitro groups is 1. The van der Waals surface area contributed by atoms with Crippen molar-refractivity contribution in [1.82, 2.24) is 4.98 Å². The number of ether oxygens (including phenoxy) is 2. The van der Waals surface area contributed by atoms with E-state index in [4.69, 9.17) is 21.1 Å². The molecule has 0 radical (unpaired) electrons. The van der Waals surface area contributed by atoms with E-state index in [1.54, 1.807) is 0 Å². The van der Waals surface area contributed by atoms with Crippen molar-refractivity contribution >= 4 is 34.2 Å². The van der Waals surface area contributed by atoms with Crippen molar-refractivity contribution in [3.63, 3.8) is 0 Å². The van der Waals surface area contributed by atoms with Crippen LogP contribution >= 0.6 is 11.6 Å². The molecule has 0 bridgehead atoms. The number of hydrogen-bond donors (Lipinski definition) is 0. The van der Waals surface area contributed by atoms with Crippen molar-refractivity contribution in [3.8, 4) is 5.75 Å². The van der Waals surface area contributed by atoms with Gasteiger partial charge in [0.05, 0.1) is 21.2 Å². The van der Waals surface area contributed by atoms with E-state index in [2.05, 4.69) is 4.98 Å². The molecule has 0 aliphatic carbocycles. The number of fused-ring (bicyclic) bond motifs is 1. The Bertz CT molecular complexity index is 1000. The molecule has 1 heterocycles. The van der Waals surface area contributed by atoms with Gasteiger partial charge in [0.15, 0.2) is 6.61 Å². The fourth-order valence-corrected chi connectivity index (χ4v) is 2.71. The Morgan fingerprint density at radius 3 is 2.59 bits per heavy atom. The Kier molecular flexibility index (Phi) is 5.52. The summed E-state index contributed by atoms with van der Waals surface area (Å²) in [7, 11) is 0. The van der Waals surface area contributed by atoms with Crippen LogP contribution in [0, 0.1) is 17.0 Å². The van der Waals surface area contributed by atoms with Crippen LogP contribution in [0.4, 0.5) is 5.69 Å². The molecule has 0 aliphatic rings. The number of nitro benzene ring substituents is 1. The number of para-hydroxylation sites is 1. The molecule has 3 rings (SSSR count). The van der Waals surface area contributed by atoms with E-state index in [0.29, 0.717) is 16.5 Å². The van der Waals surface area contributed by atoms with Crippen LogP contribution in [0.3, 0.4) is 0 Å². The van der Waals surface area contributed by atoms with Gasteiger partial charge >= 0.3 is 5.97 Å². The molecular weight excluding hydrogens is 372 g/mol. The molecule has 0 fully saturated rings. The van der Waals surface area contributed by atoms with E-state index in [9.17, 15) is 14.9 Å². The zero-order valence-electron chi connectivity index (χ0n) is 14.3. The lowest BCUT2D eigenvalue weighted by Crippen LogP contribution is -2.15. The first-order chi connectivity index (χ1) is 13.0. The summed E-state index contributed by atoms with van der Waals surface area (Å²) in [5.74, 6) is -0.271. The Hall–Kier alpha value is -3.19. The van der Waals surface area contributed by atoms with Crippen molar-refractivity contribution in [2.75, 3.05) is 6.61 Å². The Morgan fingerprint density at radius 2 is 1.89 bits per heavy atom. The highest BCUT2D eigenvalue weighted by Gasteiger charge is 2.13. The van der Waals surface area contributed by atoms with Gasteiger partial charge in [-0.2, -0.15) is 0 Å². The van der Waals surface area contributed by atoms with E-state index < -0.39 is 10.9 Å². The van der Waals surface area contributed by atoms with Crippen LogP contribution in [0.25, 0.3) is 10.9 Å². The minimum atomic E-state index is -0.600. The summed E-state index contributed by atoms with van der Waals surface area (Å²) in [5.41, 5.74) is 2.05. The van der Waals surface area contributed by atoms with Gasteiger partial charge in [0.1, 0.15) is 12.4 Å². The zero-order valence-corrected chi connectivity index (χ0v) is 15.1. The molecule has 138 valence electrons. The summed E-state index contributed by atoms with van der Waals surface area (Å²) < 4.78 is 10.4. The second kappa shape index (κ2) is 8.01. The number of esters is 1. The summed E-state index contributed by atoms with van der Waals surface area (Å²) >= 11 is 6.33. The lowest BCUT2D eigenvalue weighted by molar-refractivity contribution is -0.384. The van der Waals surface area contributed by atoms with E-state index in [1.165, 1.54) is 24.3 Å². The van der Waals surface area contributed by atoms with Crippen molar-refractivity contribution in [3.05, 3.63) is 74.9 Å². The van der Waals surface area contributed by atoms with Gasteiger partial charge in [-0.1, -0.05) is 29.8 Å². The molecule has 0 N–H and O–H groups in total. The number of benzene rings is 2. The van der Waals surface area contributed by atoms with Gasteiger partial charge in [0, 0.05) is 17.5 Å². The molecule has 0 spiro atoms. The fourth-order valence-electron chi connectivity index (χ4n) is 2.51. The van der Waals surface area contributed by atoms with Crippen LogP contribution in [0.15, 0.2) is 48.5 Å². The molecule has 0 atom stereocenters. The van der Waals surface area contributed by atoms with E-state index >= 15 is 0 Å². The minimum absolute atomic E-state index is 0.0580. The predicted octanol–water partition coefficient (Wildman–Crippen LogP) is 4.23. The number of nitrogens with zero attached hydrogens (tertiary/aromatic N) is 2. The molecule has 27 heavy (non-hydrogen) atoms. The van der Waals surface area contributed by atoms with Gasteiger partial charge in [0.2, 0.25) is 0 Å². The molecule has 2 aromatic carbocycles. The standard InChI is InChI=1S/C19H15ClN2O5/c1-12-15-4-2-3-5-16(15)21-17(19(12)20)10-27-18(23)11-26-14-8-6-13(7-9-14)22(24)25/h2-9H,10-11H2,1H3. The van der Waals surface area contributed by atoms with E-state index in [0.717, 1.165) is 16.5 Å². The van der Waals surface area contributed by atoms with Crippen LogP contribution in [0.5, 0.6) is 5.75 Å². The van der Waals surface area contributed by atoms with Gasteiger partial charge in [-0.3, -0.25) is 10.1 Å². The van der Waals surface area contributed by atoms with Gasteiger partial charge in [-0.15, -0.1) is 0 Å². The van der Waals surface area contributed by atoms with Crippen LogP contribution < -0.4 is 4.74 Å². The second-order valence-electron chi connectivity index (χ2n) is 5.71. The summed E-state index contributed by atoms with van der Waals surface area (Å²) in [6.45, 7) is 1.48. The molecule has 0 aliphatic heterocycles. The van der Waals surface area contributed by atoms with Crippen molar-refractivity contribution in [1.29, 1.82) is 0 Å². The van der Waals surface area contributed by atoms with Gasteiger partial charge < -0.3 is 9.47 Å². The van der Waals surface area contributed by atoms with Crippen molar-refractivity contribution in [2.24, 2.45) is 0 Å². The molecule has 0 amide bonds. The maximum absolute atomic E-state index is 11.9. The van der Waals surface area contributed by atoms with Crippen molar-refractivity contribution < 1.29 is 19.2 Å². The highest BCUT2D eigenvalue weighted by atomic mass is 35.5. The minimum Gasteiger partial charge on any atom is -0.482 e. The smallest absolute Gasteiger partial charge is 0.344 e. The van der Waals surface area contributed by atoms with E-state index in [1.807, 2.05) is 31.2 Å².